The molecule has 0 aromatic heterocycles. The molecule has 0 saturated heterocycles. The summed E-state index contributed by atoms with van der Waals surface area (Å²) in [6.07, 6.45) is 4.18. The summed E-state index contributed by atoms with van der Waals surface area (Å²) < 4.78 is 0. The normalized spacial score (nSPS) is 32.6. The Bertz CT molecular complexity index is 55.1. The van der Waals surface area contributed by atoms with Crippen LogP contribution < -0.4 is 0 Å². The SMILES string of the molecule is CC[C-]1CCC1C. The smallest absolute Gasteiger partial charge is 0.0897 e. The molecule has 0 N–H and O–H groups in total. The molecule has 0 heterocycles. The second-order valence-corrected chi connectivity index (χ2v) is 2.45. The van der Waals surface area contributed by atoms with E-state index in [2.05, 4.69) is 13.8 Å². The number of rotatable bonds is 1. The molecule has 1 aliphatic carbocycles. The molecule has 0 bridgehead atoms. The predicted molar refractivity (Wildman–Crippen MR) is 31.9 cm³/mol. The lowest BCUT2D eigenvalue weighted by Crippen LogP contribution is -2.19. The molecule has 1 atom stereocenters. The fraction of sp³-hybridized carbons (Fsp3) is 0.857. The van der Waals surface area contributed by atoms with Crippen LogP contribution in [0.1, 0.15) is 33.1 Å². The Kier molecular flexibility index (Phi) is 1.36. The van der Waals surface area contributed by atoms with Crippen LogP contribution in [0, 0.1) is 11.8 Å². The molecule has 7 heavy (non-hydrogen) atoms. The van der Waals surface area contributed by atoms with Crippen molar-refractivity contribution in [2.45, 2.75) is 33.1 Å². The Hall–Kier alpha value is 0. The van der Waals surface area contributed by atoms with Crippen molar-refractivity contribution in [2.24, 2.45) is 5.92 Å². The first-order chi connectivity index (χ1) is 3.34. The topological polar surface area (TPSA) is 0 Å². The molecule has 0 aliphatic heterocycles. The zero-order valence-corrected chi connectivity index (χ0v) is 5.20. The van der Waals surface area contributed by atoms with Crippen molar-refractivity contribution in [2.75, 3.05) is 0 Å². The van der Waals surface area contributed by atoms with Crippen molar-refractivity contribution < 1.29 is 0 Å². The zero-order valence-electron chi connectivity index (χ0n) is 5.20. The molecule has 0 amide bonds. The average molecular weight is 97.2 g/mol. The maximum Gasteiger partial charge on any atom is -0.0897 e. The Labute approximate surface area is 45.9 Å². The van der Waals surface area contributed by atoms with Crippen LogP contribution in [0.3, 0.4) is 0 Å². The molecule has 1 unspecified atom stereocenters. The molecule has 0 heteroatoms. The fourth-order valence-corrected chi connectivity index (χ4v) is 1.16. The lowest BCUT2D eigenvalue weighted by atomic mass is 9.74. The molecule has 1 fully saturated rings. The third kappa shape index (κ3) is 0.793. The van der Waals surface area contributed by atoms with Gasteiger partial charge in [0.05, 0.1) is 0 Å². The van der Waals surface area contributed by atoms with Crippen LogP contribution in [0.2, 0.25) is 0 Å². The van der Waals surface area contributed by atoms with Crippen LogP contribution in [-0.4, -0.2) is 0 Å². The van der Waals surface area contributed by atoms with Gasteiger partial charge in [-0.25, -0.2) is 0 Å². The lowest BCUT2D eigenvalue weighted by Gasteiger charge is -2.47. The Morgan fingerprint density at radius 1 is 1.71 bits per heavy atom. The van der Waals surface area contributed by atoms with Crippen LogP contribution in [0.5, 0.6) is 0 Å². The molecule has 42 valence electrons. The van der Waals surface area contributed by atoms with Crippen LogP contribution in [0.15, 0.2) is 0 Å². The van der Waals surface area contributed by atoms with E-state index in [1.807, 2.05) is 0 Å². The lowest BCUT2D eigenvalue weighted by molar-refractivity contribution is 0.374. The summed E-state index contributed by atoms with van der Waals surface area (Å²) in [5, 5.41) is 0. The molecular weight excluding hydrogens is 84.1 g/mol. The predicted octanol–water partition coefficient (Wildman–Crippen LogP) is 2.40. The molecule has 0 aromatic rings. The van der Waals surface area contributed by atoms with Crippen molar-refractivity contribution in [1.29, 1.82) is 0 Å². The number of hydrogen-bond acceptors (Lipinski definition) is 0. The van der Waals surface area contributed by atoms with E-state index in [4.69, 9.17) is 0 Å². The third-order valence-electron chi connectivity index (χ3n) is 2.05. The molecular formula is C7H13-. The summed E-state index contributed by atoms with van der Waals surface area (Å²) in [6.45, 7) is 4.58. The monoisotopic (exact) mass is 97.1 g/mol. The van der Waals surface area contributed by atoms with Crippen LogP contribution in [0.25, 0.3) is 0 Å². The van der Waals surface area contributed by atoms with Crippen molar-refractivity contribution in [3.63, 3.8) is 0 Å². The van der Waals surface area contributed by atoms with Crippen LogP contribution in [-0.2, 0) is 0 Å². The van der Waals surface area contributed by atoms with Gasteiger partial charge in [-0.3, -0.25) is 0 Å². The maximum atomic E-state index is 2.32. The van der Waals surface area contributed by atoms with Gasteiger partial charge in [0.25, 0.3) is 0 Å². The van der Waals surface area contributed by atoms with Crippen molar-refractivity contribution >= 4 is 0 Å². The maximum absolute atomic E-state index is 2.32. The number of hydrogen-bond donors (Lipinski definition) is 0. The molecule has 1 aliphatic rings. The second-order valence-electron chi connectivity index (χ2n) is 2.45. The highest BCUT2D eigenvalue weighted by Crippen LogP contribution is 2.37. The average Bonchev–Trinajstić information content (AvgIpc) is 1.65. The summed E-state index contributed by atoms with van der Waals surface area (Å²) in [5.41, 5.74) is 0. The summed E-state index contributed by atoms with van der Waals surface area (Å²) in [7, 11) is 0. The van der Waals surface area contributed by atoms with E-state index in [1.165, 1.54) is 19.3 Å². The van der Waals surface area contributed by atoms with Crippen molar-refractivity contribution in [1.82, 2.24) is 0 Å². The van der Waals surface area contributed by atoms with E-state index in [0.29, 0.717) is 0 Å². The highest BCUT2D eigenvalue weighted by atomic mass is 14.3. The van der Waals surface area contributed by atoms with E-state index in [1.54, 1.807) is 5.92 Å². The van der Waals surface area contributed by atoms with E-state index >= 15 is 0 Å². The van der Waals surface area contributed by atoms with Crippen molar-refractivity contribution in [3.05, 3.63) is 5.92 Å². The quantitative estimate of drug-likeness (QED) is 0.441. The van der Waals surface area contributed by atoms with Crippen molar-refractivity contribution in [3.8, 4) is 0 Å². The molecule has 0 spiro atoms. The van der Waals surface area contributed by atoms with Gasteiger partial charge in [0, 0.05) is 0 Å². The Balaban J connectivity index is 2.16. The van der Waals surface area contributed by atoms with Gasteiger partial charge in [-0.15, -0.1) is 6.42 Å². The van der Waals surface area contributed by atoms with Gasteiger partial charge in [0.15, 0.2) is 0 Å². The summed E-state index contributed by atoms with van der Waals surface area (Å²) >= 11 is 0. The van der Waals surface area contributed by atoms with E-state index in [0.717, 1.165) is 5.92 Å². The van der Waals surface area contributed by atoms with E-state index in [-0.39, 0.29) is 0 Å². The third-order valence-corrected chi connectivity index (χ3v) is 2.05. The fourth-order valence-electron chi connectivity index (χ4n) is 1.16. The summed E-state index contributed by atoms with van der Waals surface area (Å²) in [6, 6.07) is 0. The van der Waals surface area contributed by atoms with Gasteiger partial charge in [-0.2, -0.15) is 18.8 Å². The standard InChI is InChI=1S/C7H13/c1-3-7-5-4-6(7)2/h6H,3-5H2,1-2H3/q-1. The molecule has 0 aromatic carbocycles. The van der Waals surface area contributed by atoms with Crippen LogP contribution >= 0.6 is 0 Å². The molecule has 1 saturated carbocycles. The minimum absolute atomic E-state index is 0.963. The first-order valence-electron chi connectivity index (χ1n) is 3.19. The van der Waals surface area contributed by atoms with Gasteiger partial charge in [-0.05, 0) is 0 Å². The van der Waals surface area contributed by atoms with Gasteiger partial charge >= 0.3 is 0 Å². The van der Waals surface area contributed by atoms with E-state index < -0.39 is 0 Å². The highest BCUT2D eigenvalue weighted by molar-refractivity contribution is 5.02. The molecule has 0 radical (unpaired) electrons. The first kappa shape index (κ1) is 5.14. The van der Waals surface area contributed by atoms with Gasteiger partial charge in [0.2, 0.25) is 0 Å². The summed E-state index contributed by atoms with van der Waals surface area (Å²) in [4.78, 5) is 0. The molecule has 1 rings (SSSR count). The van der Waals surface area contributed by atoms with Gasteiger partial charge in [-0.1, -0.05) is 13.8 Å². The minimum atomic E-state index is 0.963. The van der Waals surface area contributed by atoms with Crippen LogP contribution in [0.4, 0.5) is 0 Å². The Morgan fingerprint density at radius 3 is 2.43 bits per heavy atom. The largest absolute Gasteiger partial charge is 0.311 e. The molecule has 0 nitrogen and oxygen atoms in total. The summed E-state index contributed by atoms with van der Waals surface area (Å²) in [5.74, 6) is 2.74. The van der Waals surface area contributed by atoms with Gasteiger partial charge in [0.1, 0.15) is 0 Å². The zero-order chi connectivity index (χ0) is 5.28. The Morgan fingerprint density at radius 2 is 2.43 bits per heavy atom. The second kappa shape index (κ2) is 1.85. The highest BCUT2D eigenvalue weighted by Gasteiger charge is 2.09. The first-order valence-corrected chi connectivity index (χ1v) is 3.19. The minimum Gasteiger partial charge on any atom is -0.311 e. The van der Waals surface area contributed by atoms with Gasteiger partial charge < -0.3 is 5.92 Å². The van der Waals surface area contributed by atoms with E-state index in [9.17, 15) is 0 Å².